The van der Waals surface area contributed by atoms with Gasteiger partial charge in [-0.25, -0.2) is 8.42 Å². The summed E-state index contributed by atoms with van der Waals surface area (Å²) in [5.41, 5.74) is -0.234. The van der Waals surface area contributed by atoms with Crippen LogP contribution in [0.15, 0.2) is 10.6 Å². The fourth-order valence-electron chi connectivity index (χ4n) is 2.18. The maximum Gasteiger partial charge on any atom is 0.244 e. The van der Waals surface area contributed by atoms with Gasteiger partial charge < -0.3 is 9.84 Å². The van der Waals surface area contributed by atoms with Crippen LogP contribution in [-0.4, -0.2) is 30.5 Å². The monoisotopic (exact) mass is 330 g/mol. The second-order valence-corrected chi connectivity index (χ2v) is 9.09. The molecule has 0 radical (unpaired) electrons. The lowest BCUT2D eigenvalue weighted by atomic mass is 9.93. The number of aromatic nitrogens is 1. The lowest BCUT2D eigenvalue weighted by Gasteiger charge is -2.19. The number of nitrogens with one attached hydrogen (secondary N) is 1. The zero-order valence-electron chi connectivity index (χ0n) is 14.1. The van der Waals surface area contributed by atoms with Crippen molar-refractivity contribution >= 4 is 21.6 Å². The third-order valence-electron chi connectivity index (χ3n) is 3.24. The summed E-state index contributed by atoms with van der Waals surface area (Å²) >= 11 is 0. The molecule has 0 aromatic carbocycles. The van der Waals surface area contributed by atoms with Gasteiger partial charge in [-0.3, -0.25) is 4.79 Å². The fourth-order valence-corrected chi connectivity index (χ4v) is 4.21. The van der Waals surface area contributed by atoms with E-state index in [0.717, 1.165) is 0 Å². The molecule has 126 valence electrons. The molecule has 0 aliphatic carbocycles. The van der Waals surface area contributed by atoms with Crippen molar-refractivity contribution in [2.75, 3.05) is 11.1 Å². The van der Waals surface area contributed by atoms with Crippen molar-refractivity contribution in [2.45, 2.75) is 58.6 Å². The van der Waals surface area contributed by atoms with Gasteiger partial charge >= 0.3 is 0 Å². The number of nitrogens with zero attached hydrogens (tertiary/aromatic N) is 1. The molecule has 1 heterocycles. The smallest absolute Gasteiger partial charge is 0.244 e. The number of rotatable bonds is 6. The highest BCUT2D eigenvalue weighted by atomic mass is 32.2. The van der Waals surface area contributed by atoms with Crippen LogP contribution in [0.3, 0.4) is 0 Å². The fraction of sp³-hybridized carbons (Fsp3) is 0.733. The van der Waals surface area contributed by atoms with Gasteiger partial charge in [-0.1, -0.05) is 46.7 Å². The summed E-state index contributed by atoms with van der Waals surface area (Å²) < 4.78 is 29.7. The Labute approximate surface area is 132 Å². The normalized spacial score (nSPS) is 14.1. The number of hydrogen-bond acceptors (Lipinski definition) is 5. The Morgan fingerprint density at radius 3 is 2.36 bits per heavy atom. The van der Waals surface area contributed by atoms with Gasteiger partial charge in [0.1, 0.15) is 11.0 Å². The first kappa shape index (κ1) is 18.7. The lowest BCUT2D eigenvalue weighted by Crippen LogP contribution is -2.40. The summed E-state index contributed by atoms with van der Waals surface area (Å²) in [4.78, 5) is 12.4. The van der Waals surface area contributed by atoms with Crippen LogP contribution < -0.4 is 5.32 Å². The third-order valence-corrected chi connectivity index (χ3v) is 5.75. The molecule has 1 unspecified atom stereocenters. The quantitative estimate of drug-likeness (QED) is 0.866. The second kappa shape index (κ2) is 6.81. The number of sulfone groups is 1. The maximum atomic E-state index is 12.4. The second-order valence-electron chi connectivity index (χ2n) is 6.85. The van der Waals surface area contributed by atoms with E-state index in [1.54, 1.807) is 26.8 Å². The van der Waals surface area contributed by atoms with Gasteiger partial charge in [0.15, 0.2) is 15.7 Å². The summed E-state index contributed by atoms with van der Waals surface area (Å²) in [5.74, 6) is -0.00896. The molecular weight excluding hydrogens is 304 g/mol. The van der Waals surface area contributed by atoms with Crippen molar-refractivity contribution in [3.05, 3.63) is 11.8 Å². The van der Waals surface area contributed by atoms with Crippen molar-refractivity contribution in [1.82, 2.24) is 5.16 Å². The molecule has 1 rings (SSSR count). The first-order chi connectivity index (χ1) is 9.99. The zero-order valence-corrected chi connectivity index (χ0v) is 15.0. The topological polar surface area (TPSA) is 89.3 Å². The Bertz CT molecular complexity index is 612. The van der Waals surface area contributed by atoms with Crippen LogP contribution in [0.5, 0.6) is 0 Å². The van der Waals surface area contributed by atoms with Crippen molar-refractivity contribution in [3.63, 3.8) is 0 Å². The van der Waals surface area contributed by atoms with Gasteiger partial charge in [0.05, 0.1) is 5.75 Å². The highest BCUT2D eigenvalue weighted by molar-refractivity contribution is 7.92. The molecule has 1 aromatic rings. The molecule has 0 saturated carbocycles. The van der Waals surface area contributed by atoms with Crippen LogP contribution in [0.2, 0.25) is 0 Å². The molecule has 0 spiro atoms. The molecule has 7 heteroatoms. The molecule has 1 atom stereocenters. The van der Waals surface area contributed by atoms with Crippen LogP contribution in [0, 0.1) is 5.92 Å². The van der Waals surface area contributed by atoms with Crippen LogP contribution in [0.25, 0.3) is 0 Å². The number of amides is 1. The predicted octanol–water partition coefficient (Wildman–Crippen LogP) is 2.76. The van der Waals surface area contributed by atoms with Gasteiger partial charge in [0, 0.05) is 11.5 Å². The highest BCUT2D eigenvalue weighted by Crippen LogP contribution is 2.25. The Morgan fingerprint density at radius 1 is 1.36 bits per heavy atom. The first-order valence-corrected chi connectivity index (χ1v) is 9.20. The minimum atomic E-state index is -3.48. The summed E-state index contributed by atoms with van der Waals surface area (Å²) in [6.45, 7) is 11.1. The standard InChI is InChI=1S/C15H26N2O4S/c1-7-8-22(19,20)13(10(2)3)14(18)16-12-9-11(21-17-12)15(4,5)6/h9-10,13H,7-8H2,1-6H3,(H,16,17,18). The molecule has 1 aromatic heterocycles. The van der Waals surface area contributed by atoms with E-state index in [0.29, 0.717) is 12.2 Å². The van der Waals surface area contributed by atoms with Gasteiger partial charge in [-0.15, -0.1) is 0 Å². The number of hydrogen-bond donors (Lipinski definition) is 1. The summed E-state index contributed by atoms with van der Waals surface area (Å²) in [7, 11) is -3.48. The predicted molar refractivity (Wildman–Crippen MR) is 86.5 cm³/mol. The maximum absolute atomic E-state index is 12.4. The Kier molecular flexibility index (Phi) is 5.78. The molecule has 0 bridgehead atoms. The minimum absolute atomic E-state index is 0.00464. The molecule has 6 nitrogen and oxygen atoms in total. The average molecular weight is 330 g/mol. The summed E-state index contributed by atoms with van der Waals surface area (Å²) in [6, 6.07) is 1.63. The van der Waals surface area contributed by atoms with Gasteiger partial charge in [-0.05, 0) is 12.3 Å². The van der Waals surface area contributed by atoms with E-state index in [2.05, 4.69) is 10.5 Å². The molecule has 0 fully saturated rings. The van der Waals surface area contributed by atoms with E-state index in [-0.39, 0.29) is 22.9 Å². The minimum Gasteiger partial charge on any atom is -0.359 e. The Morgan fingerprint density at radius 2 is 1.95 bits per heavy atom. The number of carbonyl (C=O) groups excluding carboxylic acids is 1. The Hall–Kier alpha value is -1.37. The number of anilines is 1. The van der Waals surface area contributed by atoms with Crippen LogP contribution in [0.1, 0.15) is 53.7 Å². The van der Waals surface area contributed by atoms with E-state index in [9.17, 15) is 13.2 Å². The van der Waals surface area contributed by atoms with E-state index in [4.69, 9.17) is 4.52 Å². The average Bonchev–Trinajstić information content (AvgIpc) is 2.75. The molecule has 22 heavy (non-hydrogen) atoms. The zero-order chi connectivity index (χ0) is 17.1. The van der Waals surface area contributed by atoms with E-state index in [1.165, 1.54) is 0 Å². The van der Waals surface area contributed by atoms with Crippen LogP contribution >= 0.6 is 0 Å². The van der Waals surface area contributed by atoms with Gasteiger partial charge in [0.25, 0.3) is 0 Å². The number of carbonyl (C=O) groups is 1. The van der Waals surface area contributed by atoms with Crippen LogP contribution in [0.4, 0.5) is 5.82 Å². The van der Waals surface area contributed by atoms with Crippen molar-refractivity contribution in [1.29, 1.82) is 0 Å². The van der Waals surface area contributed by atoms with Crippen LogP contribution in [-0.2, 0) is 20.0 Å². The highest BCUT2D eigenvalue weighted by Gasteiger charge is 2.35. The first-order valence-electron chi connectivity index (χ1n) is 7.48. The SMILES string of the molecule is CCCS(=O)(=O)C(C(=O)Nc1cc(C(C)(C)C)on1)C(C)C. The third kappa shape index (κ3) is 4.56. The summed E-state index contributed by atoms with van der Waals surface area (Å²) in [6.07, 6.45) is 0.483. The van der Waals surface area contributed by atoms with E-state index < -0.39 is 21.0 Å². The van der Waals surface area contributed by atoms with Crippen molar-refractivity contribution in [3.8, 4) is 0 Å². The molecule has 0 saturated heterocycles. The summed E-state index contributed by atoms with van der Waals surface area (Å²) in [5, 5.41) is 5.27. The van der Waals surface area contributed by atoms with Gasteiger partial charge in [-0.2, -0.15) is 0 Å². The van der Waals surface area contributed by atoms with Crippen molar-refractivity contribution in [2.24, 2.45) is 5.92 Å². The lowest BCUT2D eigenvalue weighted by molar-refractivity contribution is -0.116. The largest absolute Gasteiger partial charge is 0.359 e. The molecular formula is C15H26N2O4S. The molecule has 1 amide bonds. The van der Waals surface area contributed by atoms with Crippen molar-refractivity contribution < 1.29 is 17.7 Å². The van der Waals surface area contributed by atoms with E-state index >= 15 is 0 Å². The molecule has 0 aliphatic heterocycles. The van der Waals surface area contributed by atoms with Gasteiger partial charge in [0.2, 0.25) is 5.91 Å². The molecule has 0 aliphatic rings. The Balaban J connectivity index is 2.96. The van der Waals surface area contributed by atoms with E-state index in [1.807, 2.05) is 20.8 Å². The molecule has 1 N–H and O–H groups in total.